The lowest BCUT2D eigenvalue weighted by Gasteiger charge is -1.98. The van der Waals surface area contributed by atoms with Gasteiger partial charge in [-0.1, -0.05) is 0 Å². The lowest BCUT2D eigenvalue weighted by Crippen LogP contribution is -2.07. The monoisotopic (exact) mass is 247 g/mol. The van der Waals surface area contributed by atoms with Gasteiger partial charge in [0.15, 0.2) is 5.78 Å². The van der Waals surface area contributed by atoms with E-state index in [1.54, 1.807) is 17.8 Å². The van der Waals surface area contributed by atoms with Crippen molar-refractivity contribution in [3.8, 4) is 0 Å². The number of ketones is 1. The van der Waals surface area contributed by atoms with Crippen LogP contribution in [0.2, 0.25) is 0 Å². The Labute approximate surface area is 104 Å². The maximum atomic E-state index is 11.9. The van der Waals surface area contributed by atoms with Gasteiger partial charge in [-0.15, -0.1) is 11.3 Å². The van der Waals surface area contributed by atoms with E-state index in [2.05, 4.69) is 9.97 Å². The van der Waals surface area contributed by atoms with Crippen molar-refractivity contribution >= 4 is 17.1 Å². The fourth-order valence-electron chi connectivity index (χ4n) is 1.40. The lowest BCUT2D eigenvalue weighted by molar-refractivity contribution is 0.0988. The van der Waals surface area contributed by atoms with Crippen molar-refractivity contribution < 1.29 is 4.79 Å². The molecule has 0 saturated carbocycles. The molecule has 5 heteroatoms. The molecule has 2 rings (SSSR count). The standard InChI is InChI=1S/C12H13N3OS/c1-8(13)12-15-10(7-17-12)11(16)6-9-2-4-14-5-3-9/h2-5,7-8H,6,13H2,1H3. The van der Waals surface area contributed by atoms with E-state index in [0.717, 1.165) is 10.6 Å². The minimum atomic E-state index is -0.123. The predicted molar refractivity (Wildman–Crippen MR) is 67.0 cm³/mol. The summed E-state index contributed by atoms with van der Waals surface area (Å²) in [7, 11) is 0. The van der Waals surface area contributed by atoms with Gasteiger partial charge in [0.25, 0.3) is 0 Å². The smallest absolute Gasteiger partial charge is 0.186 e. The quantitative estimate of drug-likeness (QED) is 0.839. The molecule has 0 amide bonds. The number of hydrogen-bond acceptors (Lipinski definition) is 5. The van der Waals surface area contributed by atoms with Crippen molar-refractivity contribution in [2.24, 2.45) is 5.73 Å². The van der Waals surface area contributed by atoms with Crippen molar-refractivity contribution in [2.75, 3.05) is 0 Å². The van der Waals surface area contributed by atoms with Gasteiger partial charge in [0.2, 0.25) is 0 Å². The van der Waals surface area contributed by atoms with Gasteiger partial charge in [-0.05, 0) is 24.6 Å². The summed E-state index contributed by atoms with van der Waals surface area (Å²) in [6.45, 7) is 1.86. The summed E-state index contributed by atoms with van der Waals surface area (Å²) in [5.74, 6) is 0.0133. The third kappa shape index (κ3) is 2.95. The Morgan fingerprint density at radius 2 is 2.18 bits per heavy atom. The number of hydrogen-bond donors (Lipinski definition) is 1. The highest BCUT2D eigenvalue weighted by molar-refractivity contribution is 7.09. The van der Waals surface area contributed by atoms with E-state index in [4.69, 9.17) is 5.73 Å². The van der Waals surface area contributed by atoms with Crippen LogP contribution in [0.4, 0.5) is 0 Å². The molecule has 2 aromatic heterocycles. The zero-order chi connectivity index (χ0) is 12.3. The third-order valence-electron chi connectivity index (χ3n) is 2.31. The number of nitrogens with two attached hydrogens (primary N) is 1. The van der Waals surface area contributed by atoms with E-state index in [0.29, 0.717) is 12.1 Å². The Balaban J connectivity index is 2.10. The summed E-state index contributed by atoms with van der Waals surface area (Å²) < 4.78 is 0. The average molecular weight is 247 g/mol. The van der Waals surface area contributed by atoms with Crippen molar-refractivity contribution in [2.45, 2.75) is 19.4 Å². The Morgan fingerprint density at radius 1 is 1.47 bits per heavy atom. The summed E-state index contributed by atoms with van der Waals surface area (Å²) >= 11 is 1.43. The van der Waals surface area contributed by atoms with Gasteiger partial charge in [0, 0.05) is 24.2 Å². The summed E-state index contributed by atoms with van der Waals surface area (Å²) in [6, 6.07) is 3.54. The first kappa shape index (κ1) is 11.9. The molecular formula is C12H13N3OS. The van der Waals surface area contributed by atoms with Crippen molar-refractivity contribution in [3.63, 3.8) is 0 Å². The fourth-order valence-corrected chi connectivity index (χ4v) is 2.18. The summed E-state index contributed by atoms with van der Waals surface area (Å²) in [4.78, 5) is 20.1. The van der Waals surface area contributed by atoms with Crippen molar-refractivity contribution in [1.29, 1.82) is 0 Å². The maximum Gasteiger partial charge on any atom is 0.186 e. The SMILES string of the molecule is CC(N)c1nc(C(=O)Cc2ccncc2)cs1. The number of carbonyl (C=O) groups excluding carboxylic acids is 1. The summed E-state index contributed by atoms with van der Waals surface area (Å²) in [5.41, 5.74) is 7.15. The molecule has 0 spiro atoms. The summed E-state index contributed by atoms with van der Waals surface area (Å²) in [6.07, 6.45) is 3.71. The number of Topliss-reactive ketones (excluding diaryl/α,β-unsaturated/α-hetero) is 1. The topological polar surface area (TPSA) is 68.9 Å². The van der Waals surface area contributed by atoms with Crippen LogP contribution in [0.3, 0.4) is 0 Å². The van der Waals surface area contributed by atoms with E-state index < -0.39 is 0 Å². The Bertz CT molecular complexity index is 507. The molecule has 2 N–H and O–H groups in total. The highest BCUT2D eigenvalue weighted by atomic mass is 32.1. The van der Waals surface area contributed by atoms with Crippen LogP contribution in [0.1, 0.15) is 34.0 Å². The third-order valence-corrected chi connectivity index (χ3v) is 3.36. The van der Waals surface area contributed by atoms with E-state index in [9.17, 15) is 4.79 Å². The van der Waals surface area contributed by atoms with E-state index >= 15 is 0 Å². The zero-order valence-corrected chi connectivity index (χ0v) is 10.3. The van der Waals surface area contributed by atoms with Crippen LogP contribution in [-0.2, 0) is 6.42 Å². The minimum Gasteiger partial charge on any atom is -0.322 e. The van der Waals surface area contributed by atoms with Crippen LogP contribution in [0.25, 0.3) is 0 Å². The molecule has 0 aliphatic carbocycles. The first-order chi connectivity index (χ1) is 8.16. The largest absolute Gasteiger partial charge is 0.322 e. The molecule has 4 nitrogen and oxygen atoms in total. The summed E-state index contributed by atoms with van der Waals surface area (Å²) in [5, 5.41) is 2.56. The average Bonchev–Trinajstić information content (AvgIpc) is 2.79. The highest BCUT2D eigenvalue weighted by Gasteiger charge is 2.13. The molecule has 2 heterocycles. The van der Waals surface area contributed by atoms with Crippen LogP contribution < -0.4 is 5.73 Å². The van der Waals surface area contributed by atoms with Gasteiger partial charge in [-0.25, -0.2) is 4.98 Å². The molecule has 0 saturated heterocycles. The molecule has 0 aromatic carbocycles. The zero-order valence-electron chi connectivity index (χ0n) is 9.46. The molecule has 88 valence electrons. The van der Waals surface area contributed by atoms with Crippen molar-refractivity contribution in [3.05, 3.63) is 46.2 Å². The van der Waals surface area contributed by atoms with E-state index in [1.165, 1.54) is 11.3 Å². The van der Waals surface area contributed by atoms with Gasteiger partial charge in [-0.3, -0.25) is 9.78 Å². The van der Waals surface area contributed by atoms with E-state index in [1.807, 2.05) is 19.1 Å². The van der Waals surface area contributed by atoms with Gasteiger partial charge >= 0.3 is 0 Å². The van der Waals surface area contributed by atoms with Crippen LogP contribution in [-0.4, -0.2) is 15.8 Å². The number of pyridine rings is 1. The van der Waals surface area contributed by atoms with Gasteiger partial charge in [0.05, 0.1) is 6.04 Å². The molecule has 0 fully saturated rings. The van der Waals surface area contributed by atoms with Gasteiger partial charge in [-0.2, -0.15) is 0 Å². The minimum absolute atomic E-state index is 0.0133. The Hall–Kier alpha value is -1.59. The number of aromatic nitrogens is 2. The first-order valence-corrected chi connectivity index (χ1v) is 6.18. The number of thiazole rings is 1. The fraction of sp³-hybridized carbons (Fsp3) is 0.250. The number of carbonyl (C=O) groups is 1. The van der Waals surface area contributed by atoms with Gasteiger partial charge in [0.1, 0.15) is 10.7 Å². The second-order valence-corrected chi connectivity index (χ2v) is 4.70. The molecule has 0 radical (unpaired) electrons. The van der Waals surface area contributed by atoms with Crippen LogP contribution in [0, 0.1) is 0 Å². The highest BCUT2D eigenvalue weighted by Crippen LogP contribution is 2.17. The van der Waals surface area contributed by atoms with E-state index in [-0.39, 0.29) is 11.8 Å². The van der Waals surface area contributed by atoms with Crippen LogP contribution in [0.5, 0.6) is 0 Å². The second-order valence-electron chi connectivity index (χ2n) is 3.82. The van der Waals surface area contributed by atoms with Crippen molar-refractivity contribution in [1.82, 2.24) is 9.97 Å². The van der Waals surface area contributed by atoms with Gasteiger partial charge < -0.3 is 5.73 Å². The molecule has 1 atom stereocenters. The molecule has 1 unspecified atom stereocenters. The maximum absolute atomic E-state index is 11.9. The molecule has 0 bridgehead atoms. The Kier molecular flexibility index (Phi) is 3.61. The lowest BCUT2D eigenvalue weighted by atomic mass is 10.1. The molecule has 0 aliphatic rings. The molecule has 17 heavy (non-hydrogen) atoms. The number of rotatable bonds is 4. The van der Waals surface area contributed by atoms with Crippen LogP contribution in [0.15, 0.2) is 29.9 Å². The number of nitrogens with zero attached hydrogens (tertiary/aromatic N) is 2. The predicted octanol–water partition coefficient (Wildman–Crippen LogP) is 1.98. The molecule has 2 aromatic rings. The second kappa shape index (κ2) is 5.16. The Morgan fingerprint density at radius 3 is 2.76 bits per heavy atom. The van der Waals surface area contributed by atoms with Crippen LogP contribution >= 0.6 is 11.3 Å². The molecule has 0 aliphatic heterocycles. The first-order valence-electron chi connectivity index (χ1n) is 5.30. The molecular weight excluding hydrogens is 234 g/mol. The normalized spacial score (nSPS) is 12.4.